The molecule has 2 saturated heterocycles. The number of nitrogens with zero attached hydrogens (tertiary/aromatic N) is 1. The molecule has 3 aliphatic rings. The summed E-state index contributed by atoms with van der Waals surface area (Å²) in [5, 5.41) is 9.14. The molecule has 7 nitrogen and oxygen atoms in total. The molecule has 0 saturated carbocycles. The molecule has 4 rings (SSSR count). The molecule has 26 heavy (non-hydrogen) atoms. The van der Waals surface area contributed by atoms with E-state index >= 15 is 0 Å². The fourth-order valence-corrected chi connectivity index (χ4v) is 3.94. The van der Waals surface area contributed by atoms with Crippen LogP contribution >= 0.6 is 0 Å². The Morgan fingerprint density at radius 1 is 1.27 bits per heavy atom. The normalized spacial score (nSPS) is 24.3. The van der Waals surface area contributed by atoms with Crippen LogP contribution in [-0.4, -0.2) is 47.8 Å². The SMILES string of the molecule is C[C@@H](NCc1cccc2c1C(=O)N(C1CCC(=O)NC1=O)C2)C1CNC1. The number of carbonyl (C=O) groups excluding carboxylic acids is 3. The van der Waals surface area contributed by atoms with Gasteiger partial charge in [-0.05, 0) is 30.4 Å². The summed E-state index contributed by atoms with van der Waals surface area (Å²) in [6, 6.07) is 5.71. The summed E-state index contributed by atoms with van der Waals surface area (Å²) >= 11 is 0. The highest BCUT2D eigenvalue weighted by atomic mass is 16.2. The van der Waals surface area contributed by atoms with Gasteiger partial charge in [0.1, 0.15) is 6.04 Å². The van der Waals surface area contributed by atoms with Gasteiger partial charge in [-0.15, -0.1) is 0 Å². The Morgan fingerprint density at radius 3 is 2.77 bits per heavy atom. The molecule has 3 N–H and O–H groups in total. The number of rotatable bonds is 5. The van der Waals surface area contributed by atoms with E-state index in [2.05, 4.69) is 22.9 Å². The maximum atomic E-state index is 13.0. The van der Waals surface area contributed by atoms with Crippen LogP contribution in [0.1, 0.15) is 41.3 Å². The topological polar surface area (TPSA) is 90.5 Å². The van der Waals surface area contributed by atoms with Crippen LogP contribution in [0.15, 0.2) is 18.2 Å². The van der Waals surface area contributed by atoms with Crippen LogP contribution in [0, 0.1) is 5.92 Å². The Morgan fingerprint density at radius 2 is 2.08 bits per heavy atom. The lowest BCUT2D eigenvalue weighted by molar-refractivity contribution is -0.136. The van der Waals surface area contributed by atoms with Crippen LogP contribution in [0.5, 0.6) is 0 Å². The molecular formula is C19H24N4O3. The van der Waals surface area contributed by atoms with Crippen LogP contribution in [0.4, 0.5) is 0 Å². The number of piperidine rings is 1. The minimum Gasteiger partial charge on any atom is -0.322 e. The Bertz CT molecular complexity index is 759. The zero-order valence-corrected chi connectivity index (χ0v) is 14.9. The van der Waals surface area contributed by atoms with Crippen LogP contribution in [0.2, 0.25) is 0 Å². The average Bonchev–Trinajstić information content (AvgIpc) is 2.89. The van der Waals surface area contributed by atoms with Gasteiger partial charge < -0.3 is 15.5 Å². The predicted octanol–water partition coefficient (Wildman–Crippen LogP) is 0.145. The van der Waals surface area contributed by atoms with Crippen molar-refractivity contribution in [3.63, 3.8) is 0 Å². The average molecular weight is 356 g/mol. The van der Waals surface area contributed by atoms with Gasteiger partial charge in [0.2, 0.25) is 11.8 Å². The van der Waals surface area contributed by atoms with Gasteiger partial charge in [-0.3, -0.25) is 19.7 Å². The molecule has 1 aromatic carbocycles. The highest BCUT2D eigenvalue weighted by Crippen LogP contribution is 2.30. The molecule has 0 aromatic heterocycles. The minimum atomic E-state index is -0.562. The monoisotopic (exact) mass is 356 g/mol. The second-order valence-electron chi connectivity index (χ2n) is 7.44. The van der Waals surface area contributed by atoms with Crippen molar-refractivity contribution in [1.29, 1.82) is 0 Å². The summed E-state index contributed by atoms with van der Waals surface area (Å²) in [7, 11) is 0. The molecule has 1 unspecified atom stereocenters. The number of imide groups is 1. The van der Waals surface area contributed by atoms with Crippen molar-refractivity contribution in [2.24, 2.45) is 5.92 Å². The number of carbonyl (C=O) groups is 3. The zero-order valence-electron chi connectivity index (χ0n) is 14.9. The van der Waals surface area contributed by atoms with Gasteiger partial charge in [-0.2, -0.15) is 0 Å². The predicted molar refractivity (Wildman–Crippen MR) is 95.1 cm³/mol. The van der Waals surface area contributed by atoms with Crippen LogP contribution in [-0.2, 0) is 22.7 Å². The second kappa shape index (κ2) is 6.81. The zero-order chi connectivity index (χ0) is 18.3. The molecule has 3 amide bonds. The Kier molecular flexibility index (Phi) is 4.50. The summed E-state index contributed by atoms with van der Waals surface area (Å²) in [4.78, 5) is 38.2. The fraction of sp³-hybridized carbons (Fsp3) is 0.526. The summed E-state index contributed by atoms with van der Waals surface area (Å²) < 4.78 is 0. The molecule has 3 heterocycles. The van der Waals surface area contributed by atoms with E-state index in [-0.39, 0.29) is 24.1 Å². The van der Waals surface area contributed by atoms with Gasteiger partial charge in [0.15, 0.2) is 0 Å². The summed E-state index contributed by atoms with van der Waals surface area (Å²) in [5.74, 6) is -0.111. The quantitative estimate of drug-likeness (QED) is 0.653. The van der Waals surface area contributed by atoms with E-state index in [0.29, 0.717) is 37.0 Å². The lowest BCUT2D eigenvalue weighted by atomic mass is 9.94. The van der Waals surface area contributed by atoms with E-state index in [0.717, 1.165) is 24.2 Å². The van der Waals surface area contributed by atoms with Crippen molar-refractivity contribution in [3.05, 3.63) is 34.9 Å². The van der Waals surface area contributed by atoms with Crippen molar-refractivity contribution in [3.8, 4) is 0 Å². The van der Waals surface area contributed by atoms with Gasteiger partial charge in [0.25, 0.3) is 5.91 Å². The van der Waals surface area contributed by atoms with Gasteiger partial charge in [0, 0.05) is 44.2 Å². The van der Waals surface area contributed by atoms with Crippen molar-refractivity contribution in [2.75, 3.05) is 13.1 Å². The van der Waals surface area contributed by atoms with Crippen LogP contribution < -0.4 is 16.0 Å². The first-order valence-corrected chi connectivity index (χ1v) is 9.24. The number of benzene rings is 1. The molecule has 2 atom stereocenters. The number of hydrogen-bond acceptors (Lipinski definition) is 5. The Labute approximate surface area is 152 Å². The van der Waals surface area contributed by atoms with Crippen LogP contribution in [0.25, 0.3) is 0 Å². The van der Waals surface area contributed by atoms with E-state index < -0.39 is 6.04 Å². The van der Waals surface area contributed by atoms with Gasteiger partial charge >= 0.3 is 0 Å². The van der Waals surface area contributed by atoms with Crippen LogP contribution in [0.3, 0.4) is 0 Å². The van der Waals surface area contributed by atoms with Crippen molar-refractivity contribution >= 4 is 17.7 Å². The molecule has 7 heteroatoms. The second-order valence-corrected chi connectivity index (χ2v) is 7.44. The maximum absolute atomic E-state index is 13.0. The largest absolute Gasteiger partial charge is 0.322 e. The molecule has 3 aliphatic heterocycles. The molecular weight excluding hydrogens is 332 g/mol. The molecule has 0 aliphatic carbocycles. The number of hydrogen-bond donors (Lipinski definition) is 3. The Balaban J connectivity index is 1.49. The van der Waals surface area contributed by atoms with Gasteiger partial charge in [-0.25, -0.2) is 0 Å². The molecule has 0 bridgehead atoms. The first kappa shape index (κ1) is 17.2. The Hall–Kier alpha value is -2.25. The van der Waals surface area contributed by atoms with E-state index in [1.807, 2.05) is 18.2 Å². The third kappa shape index (κ3) is 3.01. The lowest BCUT2D eigenvalue weighted by Crippen LogP contribution is -2.52. The molecule has 2 fully saturated rings. The number of fused-ring (bicyclic) bond motifs is 1. The summed E-state index contributed by atoms with van der Waals surface area (Å²) in [6.45, 7) is 5.30. The molecule has 138 valence electrons. The number of amides is 3. The minimum absolute atomic E-state index is 0.107. The first-order chi connectivity index (χ1) is 12.5. The maximum Gasteiger partial charge on any atom is 0.255 e. The van der Waals surface area contributed by atoms with Crippen molar-refractivity contribution in [1.82, 2.24) is 20.9 Å². The highest BCUT2D eigenvalue weighted by Gasteiger charge is 2.40. The summed E-state index contributed by atoms with van der Waals surface area (Å²) in [5.41, 5.74) is 2.64. The molecule has 1 aromatic rings. The third-order valence-corrected chi connectivity index (χ3v) is 5.77. The molecule has 0 spiro atoms. The van der Waals surface area contributed by atoms with Gasteiger partial charge in [-0.1, -0.05) is 18.2 Å². The fourth-order valence-electron chi connectivity index (χ4n) is 3.94. The van der Waals surface area contributed by atoms with Crippen molar-refractivity contribution < 1.29 is 14.4 Å². The first-order valence-electron chi connectivity index (χ1n) is 9.24. The smallest absolute Gasteiger partial charge is 0.255 e. The van der Waals surface area contributed by atoms with Crippen molar-refractivity contribution in [2.45, 2.75) is 44.9 Å². The third-order valence-electron chi connectivity index (χ3n) is 5.77. The lowest BCUT2D eigenvalue weighted by Gasteiger charge is -2.33. The standard InChI is InChI=1S/C19H24N4O3/c1-11(14-7-20-8-14)21-9-12-3-2-4-13-10-23(19(26)17(12)13)15-5-6-16(24)22-18(15)25/h2-4,11,14-15,20-21H,5-10H2,1H3,(H,22,24,25)/t11-,15?/m1/s1. The van der Waals surface area contributed by atoms with E-state index in [4.69, 9.17) is 0 Å². The van der Waals surface area contributed by atoms with Gasteiger partial charge in [0.05, 0.1) is 0 Å². The molecule has 0 radical (unpaired) electrons. The summed E-state index contributed by atoms with van der Waals surface area (Å²) in [6.07, 6.45) is 0.668. The van der Waals surface area contributed by atoms with E-state index in [1.165, 1.54) is 0 Å². The van der Waals surface area contributed by atoms with E-state index in [1.54, 1.807) is 4.90 Å². The van der Waals surface area contributed by atoms with E-state index in [9.17, 15) is 14.4 Å². The highest BCUT2D eigenvalue weighted by molar-refractivity contribution is 6.05. The number of nitrogens with one attached hydrogen (secondary N) is 3.